The van der Waals surface area contributed by atoms with Crippen LogP contribution in [0, 0.1) is 13.8 Å². The zero-order chi connectivity index (χ0) is 21.0. The fourth-order valence-electron chi connectivity index (χ4n) is 3.75. The molecule has 3 rings (SSSR count). The maximum Gasteiger partial charge on any atom is 0.243 e. The summed E-state index contributed by atoms with van der Waals surface area (Å²) in [4.78, 5) is 12.9. The van der Waals surface area contributed by atoms with Gasteiger partial charge in [0.2, 0.25) is 15.9 Å². The second kappa shape index (κ2) is 8.97. The third kappa shape index (κ3) is 4.97. The van der Waals surface area contributed by atoms with Gasteiger partial charge < -0.3 is 10.1 Å². The Morgan fingerprint density at radius 3 is 2.52 bits per heavy atom. The van der Waals surface area contributed by atoms with E-state index in [4.69, 9.17) is 4.74 Å². The minimum atomic E-state index is -3.67. The Morgan fingerprint density at radius 2 is 1.86 bits per heavy atom. The van der Waals surface area contributed by atoms with Crippen LogP contribution in [0.3, 0.4) is 0 Å². The molecule has 156 valence electrons. The Bertz CT molecular complexity index is 971. The summed E-state index contributed by atoms with van der Waals surface area (Å²) in [6, 6.07) is 11.9. The molecule has 7 heteroatoms. The van der Waals surface area contributed by atoms with Gasteiger partial charge in [-0.1, -0.05) is 24.1 Å². The van der Waals surface area contributed by atoms with Crippen molar-refractivity contribution in [2.24, 2.45) is 0 Å². The summed E-state index contributed by atoms with van der Waals surface area (Å²) < 4.78 is 33.0. The summed E-state index contributed by atoms with van der Waals surface area (Å²) in [7, 11) is -2.13. The number of amides is 1. The number of methoxy groups -OCH3 is 1. The highest BCUT2D eigenvalue weighted by molar-refractivity contribution is 7.89. The normalized spacial score (nSPS) is 17.7. The van der Waals surface area contributed by atoms with E-state index in [1.165, 1.54) is 4.31 Å². The van der Waals surface area contributed by atoms with Crippen LogP contribution in [0.1, 0.15) is 36.8 Å². The average molecular weight is 417 g/mol. The van der Waals surface area contributed by atoms with Crippen LogP contribution in [-0.4, -0.2) is 38.3 Å². The SMILES string of the molecule is COc1ccc(S(=O)(=O)N2CCCC[C@H]2CC(=O)Nc2ccc(C)cc2C)cc1. The van der Waals surface area contributed by atoms with Crippen molar-refractivity contribution in [3.8, 4) is 5.75 Å². The minimum Gasteiger partial charge on any atom is -0.497 e. The quantitative estimate of drug-likeness (QED) is 0.775. The number of sulfonamides is 1. The Morgan fingerprint density at radius 1 is 1.14 bits per heavy atom. The molecule has 29 heavy (non-hydrogen) atoms. The molecule has 1 amide bonds. The Hall–Kier alpha value is -2.38. The van der Waals surface area contributed by atoms with Crippen LogP contribution in [0.15, 0.2) is 47.4 Å². The first-order chi connectivity index (χ1) is 13.8. The highest BCUT2D eigenvalue weighted by Gasteiger charge is 2.34. The van der Waals surface area contributed by atoms with Crippen molar-refractivity contribution in [3.05, 3.63) is 53.6 Å². The van der Waals surface area contributed by atoms with Gasteiger partial charge >= 0.3 is 0 Å². The lowest BCUT2D eigenvalue weighted by Crippen LogP contribution is -2.45. The molecule has 1 aliphatic rings. The van der Waals surface area contributed by atoms with Crippen molar-refractivity contribution in [1.82, 2.24) is 4.31 Å². The number of anilines is 1. The molecule has 0 aromatic heterocycles. The third-order valence-corrected chi connectivity index (χ3v) is 7.28. The molecule has 2 aromatic rings. The van der Waals surface area contributed by atoms with E-state index in [2.05, 4.69) is 5.32 Å². The maximum atomic E-state index is 13.2. The van der Waals surface area contributed by atoms with Crippen LogP contribution in [-0.2, 0) is 14.8 Å². The molecule has 1 saturated heterocycles. The lowest BCUT2D eigenvalue weighted by atomic mass is 10.0. The van der Waals surface area contributed by atoms with E-state index in [9.17, 15) is 13.2 Å². The molecule has 6 nitrogen and oxygen atoms in total. The van der Waals surface area contributed by atoms with E-state index in [0.29, 0.717) is 18.7 Å². The van der Waals surface area contributed by atoms with Crippen molar-refractivity contribution in [2.45, 2.75) is 50.5 Å². The zero-order valence-electron chi connectivity index (χ0n) is 17.1. The summed E-state index contributed by atoms with van der Waals surface area (Å²) in [5.41, 5.74) is 2.88. The predicted octanol–water partition coefficient (Wildman–Crippen LogP) is 3.88. The lowest BCUT2D eigenvalue weighted by Gasteiger charge is -2.34. The smallest absolute Gasteiger partial charge is 0.243 e. The van der Waals surface area contributed by atoms with Gasteiger partial charge in [0.15, 0.2) is 0 Å². The van der Waals surface area contributed by atoms with Gasteiger partial charge in [0, 0.05) is 24.7 Å². The molecule has 0 radical (unpaired) electrons. The van der Waals surface area contributed by atoms with Gasteiger partial charge in [-0.3, -0.25) is 4.79 Å². The minimum absolute atomic E-state index is 0.142. The molecule has 1 aliphatic heterocycles. The van der Waals surface area contributed by atoms with Crippen LogP contribution in [0.2, 0.25) is 0 Å². The van der Waals surface area contributed by atoms with Crippen LogP contribution in [0.25, 0.3) is 0 Å². The van der Waals surface area contributed by atoms with Crippen molar-refractivity contribution < 1.29 is 17.9 Å². The number of nitrogens with zero attached hydrogens (tertiary/aromatic N) is 1. The monoisotopic (exact) mass is 416 g/mol. The highest BCUT2D eigenvalue weighted by atomic mass is 32.2. The molecule has 0 spiro atoms. The molecule has 0 aliphatic carbocycles. The second-order valence-electron chi connectivity index (χ2n) is 7.51. The highest BCUT2D eigenvalue weighted by Crippen LogP contribution is 2.28. The molecule has 1 atom stereocenters. The standard InChI is InChI=1S/C22H28N2O4S/c1-16-7-12-21(17(2)14-16)23-22(25)15-18-6-4-5-13-24(18)29(26,27)20-10-8-19(28-3)9-11-20/h7-12,14,18H,4-6,13,15H2,1-3H3,(H,23,25)/t18-/m0/s1. The largest absolute Gasteiger partial charge is 0.497 e. The molecule has 0 unspecified atom stereocenters. The van der Waals surface area contributed by atoms with Gasteiger partial charge in [-0.25, -0.2) is 8.42 Å². The summed E-state index contributed by atoms with van der Waals surface area (Å²) >= 11 is 0. The molecule has 0 saturated carbocycles. The van der Waals surface area contributed by atoms with Gasteiger partial charge in [0.25, 0.3) is 0 Å². The van der Waals surface area contributed by atoms with E-state index in [1.807, 2.05) is 32.0 Å². The fourth-order valence-corrected chi connectivity index (χ4v) is 5.44. The van der Waals surface area contributed by atoms with Crippen LogP contribution in [0.4, 0.5) is 5.69 Å². The Balaban J connectivity index is 1.75. The number of rotatable bonds is 6. The van der Waals surface area contributed by atoms with E-state index in [-0.39, 0.29) is 23.3 Å². The van der Waals surface area contributed by atoms with Gasteiger partial charge in [-0.2, -0.15) is 4.31 Å². The summed E-state index contributed by atoms with van der Waals surface area (Å²) in [5, 5.41) is 2.93. The molecule has 0 bridgehead atoms. The number of piperidine rings is 1. The summed E-state index contributed by atoms with van der Waals surface area (Å²) in [6.07, 6.45) is 2.53. The van der Waals surface area contributed by atoms with Crippen molar-refractivity contribution in [2.75, 3.05) is 19.0 Å². The number of benzene rings is 2. The molecule has 2 aromatic carbocycles. The molecule has 1 fully saturated rings. The molecular formula is C22H28N2O4S. The van der Waals surface area contributed by atoms with Crippen LogP contribution < -0.4 is 10.1 Å². The van der Waals surface area contributed by atoms with Gasteiger partial charge in [-0.05, 0) is 62.6 Å². The number of nitrogens with one attached hydrogen (secondary N) is 1. The first-order valence-corrected chi connectivity index (χ1v) is 11.3. The molecular weight excluding hydrogens is 388 g/mol. The topological polar surface area (TPSA) is 75.7 Å². The number of carbonyl (C=O) groups is 1. The molecule has 1 N–H and O–H groups in total. The predicted molar refractivity (Wildman–Crippen MR) is 114 cm³/mol. The van der Waals surface area contributed by atoms with E-state index in [0.717, 1.165) is 29.7 Å². The van der Waals surface area contributed by atoms with Gasteiger partial charge in [0.05, 0.1) is 12.0 Å². The van der Waals surface area contributed by atoms with Gasteiger partial charge in [-0.15, -0.1) is 0 Å². The fraction of sp³-hybridized carbons (Fsp3) is 0.409. The molecule has 1 heterocycles. The van der Waals surface area contributed by atoms with Crippen molar-refractivity contribution >= 4 is 21.6 Å². The number of hydrogen-bond donors (Lipinski definition) is 1. The number of carbonyl (C=O) groups excluding carboxylic acids is 1. The first-order valence-electron chi connectivity index (χ1n) is 9.84. The zero-order valence-corrected chi connectivity index (χ0v) is 18.0. The van der Waals surface area contributed by atoms with Crippen molar-refractivity contribution in [3.63, 3.8) is 0 Å². The lowest BCUT2D eigenvalue weighted by molar-refractivity contribution is -0.117. The Kier molecular flexibility index (Phi) is 6.59. The third-order valence-electron chi connectivity index (χ3n) is 5.32. The second-order valence-corrected chi connectivity index (χ2v) is 9.40. The van der Waals surface area contributed by atoms with Crippen molar-refractivity contribution in [1.29, 1.82) is 0 Å². The van der Waals surface area contributed by atoms with Crippen LogP contribution >= 0.6 is 0 Å². The number of hydrogen-bond acceptors (Lipinski definition) is 4. The summed E-state index contributed by atoms with van der Waals surface area (Å²) in [5.74, 6) is 0.436. The first kappa shape index (κ1) is 21.3. The maximum absolute atomic E-state index is 13.2. The average Bonchev–Trinajstić information content (AvgIpc) is 2.70. The van der Waals surface area contributed by atoms with E-state index < -0.39 is 10.0 Å². The summed E-state index contributed by atoms with van der Waals surface area (Å²) in [6.45, 7) is 4.38. The number of aryl methyl sites for hydroxylation is 2. The van der Waals surface area contributed by atoms with E-state index >= 15 is 0 Å². The Labute approximate surface area is 172 Å². The number of ether oxygens (including phenoxy) is 1. The van der Waals surface area contributed by atoms with Crippen LogP contribution in [0.5, 0.6) is 5.75 Å². The van der Waals surface area contributed by atoms with Gasteiger partial charge in [0.1, 0.15) is 5.75 Å². The van der Waals surface area contributed by atoms with E-state index in [1.54, 1.807) is 31.4 Å².